The van der Waals surface area contributed by atoms with Gasteiger partial charge in [0.2, 0.25) is 0 Å². The van der Waals surface area contributed by atoms with Gasteiger partial charge in [-0.1, -0.05) is 61.6 Å². The first-order chi connectivity index (χ1) is 18.3. The zero-order chi connectivity index (χ0) is 26.7. The molecule has 3 heterocycles. The Morgan fingerprint density at radius 3 is 2.61 bits per heavy atom. The monoisotopic (exact) mass is 552 g/mol. The third-order valence-corrected chi connectivity index (χ3v) is 9.36. The zero-order valence-corrected chi connectivity index (χ0v) is 24.3. The number of ether oxygens (including phenoxy) is 3. The van der Waals surface area contributed by atoms with E-state index in [1.165, 1.54) is 11.1 Å². The summed E-state index contributed by atoms with van der Waals surface area (Å²) in [6, 6.07) is 13.5. The first-order valence-corrected chi connectivity index (χ1v) is 17.7. The highest BCUT2D eigenvalue weighted by atomic mass is 35.5. The van der Waals surface area contributed by atoms with E-state index >= 15 is 0 Å². The van der Waals surface area contributed by atoms with Crippen molar-refractivity contribution in [3.05, 3.63) is 53.1 Å². The number of carbonyl (C=O) groups is 1. The molecule has 8 heteroatoms. The molecule has 2 atom stereocenters. The number of aldehydes is 1. The van der Waals surface area contributed by atoms with E-state index in [0.29, 0.717) is 18.4 Å². The van der Waals surface area contributed by atoms with Crippen LogP contribution < -0.4 is 4.74 Å². The zero-order valence-electron chi connectivity index (χ0n) is 22.5. The van der Waals surface area contributed by atoms with Crippen molar-refractivity contribution in [1.82, 2.24) is 9.55 Å². The second kappa shape index (κ2) is 11.7. The lowest BCUT2D eigenvalue weighted by Crippen LogP contribution is -2.22. The third-order valence-electron chi connectivity index (χ3n) is 7.37. The number of allylic oxidation sites excluding steroid dienone is 2. The van der Waals surface area contributed by atoms with Gasteiger partial charge in [0.1, 0.15) is 19.1 Å². The number of carbonyl (C=O) groups excluding carboxylic acids is 1. The van der Waals surface area contributed by atoms with Gasteiger partial charge >= 0.3 is 0 Å². The van der Waals surface area contributed by atoms with Crippen molar-refractivity contribution in [3.63, 3.8) is 0 Å². The quantitative estimate of drug-likeness (QED) is 0.151. The minimum absolute atomic E-state index is 0.0263. The largest absolute Gasteiger partial charge is 0.473 e. The van der Waals surface area contributed by atoms with Crippen molar-refractivity contribution in [1.29, 1.82) is 0 Å². The van der Waals surface area contributed by atoms with Gasteiger partial charge in [0.25, 0.3) is 0 Å². The molecule has 6 nitrogen and oxygen atoms in total. The van der Waals surface area contributed by atoms with E-state index in [4.69, 9.17) is 30.8 Å². The number of pyridine rings is 1. The minimum Gasteiger partial charge on any atom is -0.473 e. The van der Waals surface area contributed by atoms with E-state index in [-0.39, 0.29) is 12.0 Å². The molecular weight excluding hydrogens is 516 g/mol. The number of nitrogens with zero attached hydrogens (tertiary/aromatic N) is 2. The van der Waals surface area contributed by atoms with E-state index in [9.17, 15) is 4.79 Å². The van der Waals surface area contributed by atoms with Gasteiger partial charge in [-0.05, 0) is 42.5 Å². The summed E-state index contributed by atoms with van der Waals surface area (Å²) in [7, 11) is -1.18. The average molecular weight is 553 g/mol. The highest BCUT2D eigenvalue weighted by Gasteiger charge is 2.22. The highest BCUT2D eigenvalue weighted by molar-refractivity contribution is 6.76. The molecular formula is C30H37ClN2O4Si. The maximum Gasteiger partial charge on any atom is 0.198 e. The Morgan fingerprint density at radius 2 is 1.95 bits per heavy atom. The molecule has 0 amide bonds. The van der Waals surface area contributed by atoms with Gasteiger partial charge in [-0.3, -0.25) is 4.57 Å². The summed E-state index contributed by atoms with van der Waals surface area (Å²) in [5, 5.41) is 0.591. The van der Waals surface area contributed by atoms with Gasteiger partial charge in [0.15, 0.2) is 5.88 Å². The van der Waals surface area contributed by atoms with Gasteiger partial charge in [-0.25, -0.2) is 4.98 Å². The summed E-state index contributed by atoms with van der Waals surface area (Å²) < 4.78 is 20.0. The summed E-state index contributed by atoms with van der Waals surface area (Å²) >= 11 is 6.81. The van der Waals surface area contributed by atoms with E-state index in [2.05, 4.69) is 50.0 Å². The molecule has 0 saturated carbocycles. The van der Waals surface area contributed by atoms with Crippen LogP contribution in [0.4, 0.5) is 0 Å². The van der Waals surface area contributed by atoms with E-state index in [1.54, 1.807) is 0 Å². The number of aromatic nitrogens is 2. The average Bonchev–Trinajstić information content (AvgIpc) is 3.53. The van der Waals surface area contributed by atoms with Crippen LogP contribution in [-0.2, 0) is 21.0 Å². The van der Waals surface area contributed by atoms with Crippen LogP contribution in [-0.4, -0.2) is 49.8 Å². The van der Waals surface area contributed by atoms with Gasteiger partial charge in [-0.2, -0.15) is 0 Å². The lowest BCUT2D eigenvalue weighted by molar-refractivity contribution is -0.111. The van der Waals surface area contributed by atoms with E-state index in [0.717, 1.165) is 79.4 Å². The summed E-state index contributed by atoms with van der Waals surface area (Å²) in [5.41, 5.74) is 5.92. The fraction of sp³-hybridized carbons (Fsp3) is 0.467. The summed E-state index contributed by atoms with van der Waals surface area (Å²) in [5.74, 6) is 0.887. The molecule has 2 aromatic heterocycles. The Morgan fingerprint density at radius 1 is 1.16 bits per heavy atom. The first kappa shape index (κ1) is 27.1. The van der Waals surface area contributed by atoms with Crippen LogP contribution in [0.15, 0.2) is 42.5 Å². The summed E-state index contributed by atoms with van der Waals surface area (Å²) in [6.45, 7) is 9.48. The van der Waals surface area contributed by atoms with Crippen LogP contribution in [0, 0.1) is 5.92 Å². The van der Waals surface area contributed by atoms with Crippen LogP contribution in [0.3, 0.4) is 0 Å². The smallest absolute Gasteiger partial charge is 0.198 e. The maximum absolute atomic E-state index is 11.1. The molecule has 1 unspecified atom stereocenters. The Balaban J connectivity index is 1.41. The molecule has 1 aliphatic carbocycles. The highest BCUT2D eigenvalue weighted by Crippen LogP contribution is 2.35. The number of rotatable bonds is 10. The third kappa shape index (κ3) is 6.39. The van der Waals surface area contributed by atoms with E-state index < -0.39 is 8.07 Å². The Labute approximate surface area is 230 Å². The molecule has 0 spiro atoms. The molecule has 38 heavy (non-hydrogen) atoms. The molecule has 0 N–H and O–H groups in total. The molecule has 202 valence electrons. The van der Waals surface area contributed by atoms with Crippen molar-refractivity contribution in [2.75, 3.05) is 19.8 Å². The molecule has 1 aromatic carbocycles. The topological polar surface area (TPSA) is 62.6 Å². The normalized spacial score (nSPS) is 20.1. The Hall–Kier alpha value is -2.45. The number of hydrogen-bond donors (Lipinski definition) is 0. The Bertz CT molecular complexity index is 1310. The van der Waals surface area contributed by atoms with Crippen molar-refractivity contribution in [3.8, 4) is 17.1 Å². The van der Waals surface area contributed by atoms with Crippen LogP contribution in [0.2, 0.25) is 30.7 Å². The van der Waals surface area contributed by atoms with Gasteiger partial charge < -0.3 is 19.0 Å². The number of halogens is 1. The molecule has 5 rings (SSSR count). The molecule has 1 saturated heterocycles. The lowest BCUT2D eigenvalue weighted by Gasteiger charge is -2.18. The van der Waals surface area contributed by atoms with Crippen LogP contribution in [0.1, 0.15) is 31.2 Å². The second-order valence-corrected chi connectivity index (χ2v) is 17.6. The number of hydrogen-bond acceptors (Lipinski definition) is 5. The maximum atomic E-state index is 11.1. The molecule has 0 bridgehead atoms. The van der Waals surface area contributed by atoms with Crippen molar-refractivity contribution >= 4 is 42.6 Å². The summed E-state index contributed by atoms with van der Waals surface area (Å²) in [4.78, 5) is 16.0. The fourth-order valence-electron chi connectivity index (χ4n) is 4.96. The predicted octanol–water partition coefficient (Wildman–Crippen LogP) is 7.22. The van der Waals surface area contributed by atoms with Gasteiger partial charge in [0, 0.05) is 38.6 Å². The van der Waals surface area contributed by atoms with Gasteiger partial charge in [-0.15, -0.1) is 0 Å². The van der Waals surface area contributed by atoms with Crippen molar-refractivity contribution in [2.24, 2.45) is 5.92 Å². The lowest BCUT2D eigenvalue weighted by atomic mass is 9.87. The first-order valence-electron chi connectivity index (χ1n) is 13.6. The molecule has 3 aromatic rings. The second-order valence-electron chi connectivity index (χ2n) is 11.6. The summed E-state index contributed by atoms with van der Waals surface area (Å²) in [6.07, 6.45) is 6.83. The van der Waals surface area contributed by atoms with Gasteiger partial charge in [0.05, 0.1) is 35.0 Å². The minimum atomic E-state index is -1.18. The standard InChI is InChI=1S/C30H37ClN2O4Si/c1-38(2,3)15-14-36-20-33-28-16-26(31)30(32-27(28)17-29(33)37-25-12-13-35-19-25)24-10-8-23(9-11-24)22-6-4-21(18-34)5-7-22/h6,8-11,16-18,21,25H,4-5,7,12-15,19-20H2,1-3H3/t21?,25-/m0/s1. The van der Waals surface area contributed by atoms with Crippen molar-refractivity contribution < 1.29 is 19.0 Å². The molecule has 1 fully saturated rings. The van der Waals surface area contributed by atoms with Crippen LogP contribution in [0.5, 0.6) is 5.88 Å². The molecule has 1 aliphatic heterocycles. The molecule has 0 radical (unpaired) electrons. The van der Waals surface area contributed by atoms with Crippen molar-refractivity contribution in [2.45, 2.75) is 64.2 Å². The predicted molar refractivity (Wildman–Crippen MR) is 156 cm³/mol. The molecule has 2 aliphatic rings. The SMILES string of the molecule is C[Si](C)(C)CCOCn1c(O[C@H]2CCOC2)cc2nc(-c3ccc(C4=CCC(C=O)CC4)cc3)c(Cl)cc21. The van der Waals surface area contributed by atoms with E-state index in [1.807, 2.05) is 16.7 Å². The van der Waals surface area contributed by atoms with Crippen LogP contribution >= 0.6 is 11.6 Å². The fourth-order valence-corrected chi connectivity index (χ4v) is 5.97. The number of benzene rings is 1. The Kier molecular flexibility index (Phi) is 8.38. The van der Waals surface area contributed by atoms with Crippen LogP contribution in [0.25, 0.3) is 27.9 Å². The number of fused-ring (bicyclic) bond motifs is 1.